The van der Waals surface area contributed by atoms with Gasteiger partial charge < -0.3 is 19.0 Å². The summed E-state index contributed by atoms with van der Waals surface area (Å²) >= 11 is 6.78. The van der Waals surface area contributed by atoms with Gasteiger partial charge in [0.2, 0.25) is 0 Å². The molecule has 0 unspecified atom stereocenters. The van der Waals surface area contributed by atoms with Crippen molar-refractivity contribution in [3.05, 3.63) is 112 Å². The average molecular weight is 622 g/mol. The number of aromatic nitrogens is 1. The number of halogens is 1. The Bertz CT molecular complexity index is 1910. The van der Waals surface area contributed by atoms with Gasteiger partial charge in [0.05, 0.1) is 22.5 Å². The number of likely N-dealkylation sites (tertiary alicyclic amines) is 1. The van der Waals surface area contributed by atoms with Crippen molar-refractivity contribution in [3.8, 4) is 28.7 Å². The van der Waals surface area contributed by atoms with Crippen LogP contribution in [-0.2, 0) is 24.6 Å². The molecule has 0 aliphatic carbocycles. The monoisotopic (exact) mass is 621 g/mol. The van der Waals surface area contributed by atoms with Crippen LogP contribution in [0.4, 0.5) is 0 Å². The normalized spacial score (nSPS) is 16.5. The first-order valence-corrected chi connectivity index (χ1v) is 15.1. The van der Waals surface area contributed by atoms with Crippen molar-refractivity contribution in [2.45, 2.75) is 52.0 Å². The molecular weight excluding hydrogens is 590 g/mol. The molecule has 6 rings (SSSR count). The number of carbonyl (C=O) groups is 1. The summed E-state index contributed by atoms with van der Waals surface area (Å²) in [5.41, 5.74) is 5.95. The van der Waals surface area contributed by atoms with Crippen molar-refractivity contribution in [2.24, 2.45) is 0 Å². The van der Waals surface area contributed by atoms with E-state index in [1.807, 2.05) is 35.2 Å². The molecule has 0 spiro atoms. The number of ether oxygens (including phenoxy) is 2. The summed E-state index contributed by atoms with van der Waals surface area (Å²) in [4.78, 5) is 18.4. The van der Waals surface area contributed by atoms with Crippen molar-refractivity contribution < 1.29 is 23.8 Å². The van der Waals surface area contributed by atoms with E-state index in [1.165, 1.54) is 6.20 Å². The Morgan fingerprint density at radius 1 is 1.09 bits per heavy atom. The number of hydrogen-bond donors (Lipinski definition) is 1. The van der Waals surface area contributed by atoms with Crippen molar-refractivity contribution in [2.75, 3.05) is 6.54 Å². The highest BCUT2D eigenvalue weighted by atomic mass is 35.5. The molecule has 8 nitrogen and oxygen atoms in total. The minimum atomic E-state index is -0.975. The van der Waals surface area contributed by atoms with Crippen LogP contribution in [0.15, 0.2) is 83.6 Å². The number of benzene rings is 3. The van der Waals surface area contributed by atoms with E-state index in [9.17, 15) is 9.90 Å². The molecule has 0 saturated carbocycles. The van der Waals surface area contributed by atoms with Gasteiger partial charge in [-0.25, -0.2) is 0 Å². The van der Waals surface area contributed by atoms with Gasteiger partial charge in [-0.3, -0.25) is 14.7 Å². The number of aliphatic carboxylic acids is 1. The third kappa shape index (κ3) is 6.23. The van der Waals surface area contributed by atoms with Gasteiger partial charge in [-0.2, -0.15) is 5.26 Å². The molecule has 5 aromatic rings. The maximum atomic E-state index is 12.1. The Labute approximate surface area is 266 Å². The summed E-state index contributed by atoms with van der Waals surface area (Å²) in [5, 5.41) is 20.5. The molecule has 45 heavy (non-hydrogen) atoms. The molecule has 0 bridgehead atoms. The average Bonchev–Trinajstić information content (AvgIpc) is 3.67. The third-order valence-electron chi connectivity index (χ3n) is 8.65. The molecular formula is C36H32ClN3O5. The molecule has 3 heterocycles. The van der Waals surface area contributed by atoms with Crippen molar-refractivity contribution >= 4 is 28.5 Å². The number of fused-ring (bicyclic) bond motifs is 1. The van der Waals surface area contributed by atoms with Crippen molar-refractivity contribution in [1.29, 1.82) is 5.26 Å². The first kappa shape index (κ1) is 30.2. The van der Waals surface area contributed by atoms with E-state index >= 15 is 0 Å². The summed E-state index contributed by atoms with van der Waals surface area (Å²) in [6, 6.07) is 23.3. The number of pyridine rings is 1. The van der Waals surface area contributed by atoms with Crippen molar-refractivity contribution in [3.63, 3.8) is 0 Å². The van der Waals surface area contributed by atoms with Crippen LogP contribution >= 0.6 is 11.6 Å². The predicted molar refractivity (Wildman–Crippen MR) is 171 cm³/mol. The fraction of sp³-hybridized carbons (Fsp3) is 0.250. The number of rotatable bonds is 10. The Hall–Kier alpha value is -4.84. The van der Waals surface area contributed by atoms with E-state index < -0.39 is 11.5 Å². The Morgan fingerprint density at radius 3 is 2.71 bits per heavy atom. The van der Waals surface area contributed by atoms with Gasteiger partial charge in [0, 0.05) is 29.8 Å². The quantitative estimate of drug-likeness (QED) is 0.167. The van der Waals surface area contributed by atoms with E-state index in [2.05, 4.69) is 30.1 Å². The van der Waals surface area contributed by atoms with Crippen molar-refractivity contribution in [1.82, 2.24) is 9.88 Å². The predicted octanol–water partition coefficient (Wildman–Crippen LogP) is 7.93. The smallest absolute Gasteiger partial charge is 0.323 e. The Morgan fingerprint density at radius 2 is 1.93 bits per heavy atom. The lowest BCUT2D eigenvalue weighted by Gasteiger charge is -2.31. The van der Waals surface area contributed by atoms with E-state index in [0.29, 0.717) is 47.3 Å². The second-order valence-electron chi connectivity index (χ2n) is 11.5. The van der Waals surface area contributed by atoms with Gasteiger partial charge >= 0.3 is 5.97 Å². The van der Waals surface area contributed by atoms with Crippen LogP contribution in [0.5, 0.6) is 11.5 Å². The molecule has 1 aliphatic rings. The first-order valence-electron chi connectivity index (χ1n) is 14.7. The van der Waals surface area contributed by atoms with Crippen LogP contribution in [0.3, 0.4) is 0 Å². The first-order chi connectivity index (χ1) is 21.7. The standard InChI is InChI=1S/C36H32ClN3O5/c1-23-27(5-3-6-30(23)26-9-8-25-11-14-43-32(25)16-26)21-44-34-17-33(45-22-29-10-7-24(18-38)19-39-29)28(15-31(34)37)20-40-13-4-12-36(40,2)35(41)42/h3,5-11,14-17,19H,4,12-13,20-22H2,1-2H3,(H,41,42)/t36-/m0/s1. The zero-order valence-corrected chi connectivity index (χ0v) is 25.8. The SMILES string of the molecule is Cc1c(COc2cc(OCc3ccc(C#N)cn3)c(CN3CCC[C@@]3(C)C(=O)O)cc2Cl)cccc1-c1ccc2ccoc2c1. The highest BCUT2D eigenvalue weighted by Crippen LogP contribution is 2.38. The number of nitriles is 1. The van der Waals surface area contributed by atoms with Crippen LogP contribution in [0.1, 0.15) is 47.7 Å². The summed E-state index contributed by atoms with van der Waals surface area (Å²) in [6.45, 7) is 5.25. The minimum Gasteiger partial charge on any atom is -0.487 e. The van der Waals surface area contributed by atoms with E-state index in [-0.39, 0.29) is 13.2 Å². The van der Waals surface area contributed by atoms with Gasteiger partial charge in [0.15, 0.2) is 0 Å². The minimum absolute atomic E-state index is 0.150. The number of carboxylic acid groups (broad SMARTS) is 1. The number of furan rings is 1. The van der Waals surface area contributed by atoms with Crippen LogP contribution < -0.4 is 9.47 Å². The molecule has 1 saturated heterocycles. The molecule has 0 radical (unpaired) electrons. The van der Waals surface area contributed by atoms with Gasteiger partial charge in [0.1, 0.15) is 41.9 Å². The molecule has 2 aromatic heterocycles. The highest BCUT2D eigenvalue weighted by molar-refractivity contribution is 6.32. The summed E-state index contributed by atoms with van der Waals surface area (Å²) in [5.74, 6) is 0.127. The largest absolute Gasteiger partial charge is 0.487 e. The second-order valence-corrected chi connectivity index (χ2v) is 11.9. The molecule has 228 valence electrons. The molecule has 1 aliphatic heterocycles. The third-order valence-corrected chi connectivity index (χ3v) is 8.95. The topological polar surface area (TPSA) is 109 Å². The van der Waals surface area contributed by atoms with E-state index in [0.717, 1.165) is 45.2 Å². The molecule has 3 aromatic carbocycles. The fourth-order valence-corrected chi connectivity index (χ4v) is 6.06. The highest BCUT2D eigenvalue weighted by Gasteiger charge is 2.43. The number of carboxylic acids is 1. The zero-order chi connectivity index (χ0) is 31.6. The lowest BCUT2D eigenvalue weighted by Crippen LogP contribution is -2.47. The van der Waals surface area contributed by atoms with Crippen LogP contribution in [0, 0.1) is 18.3 Å². The zero-order valence-electron chi connectivity index (χ0n) is 25.0. The molecule has 9 heteroatoms. The van der Waals surface area contributed by atoms with Gasteiger partial charge in [-0.1, -0.05) is 41.9 Å². The lowest BCUT2D eigenvalue weighted by atomic mass is 9.96. The maximum absolute atomic E-state index is 12.1. The molecule has 1 N–H and O–H groups in total. The Balaban J connectivity index is 1.26. The second kappa shape index (κ2) is 12.6. The van der Waals surface area contributed by atoms with Crippen LogP contribution in [0.2, 0.25) is 5.02 Å². The molecule has 1 atom stereocenters. The van der Waals surface area contributed by atoms with Gasteiger partial charge in [0.25, 0.3) is 0 Å². The van der Waals surface area contributed by atoms with Crippen LogP contribution in [0.25, 0.3) is 22.1 Å². The van der Waals surface area contributed by atoms with E-state index in [1.54, 1.807) is 37.5 Å². The summed E-state index contributed by atoms with van der Waals surface area (Å²) in [7, 11) is 0. The van der Waals surface area contributed by atoms with Gasteiger partial charge in [-0.05, 0) is 85.8 Å². The van der Waals surface area contributed by atoms with E-state index in [4.69, 9.17) is 30.8 Å². The van der Waals surface area contributed by atoms with Crippen LogP contribution in [-0.4, -0.2) is 33.0 Å². The summed E-state index contributed by atoms with van der Waals surface area (Å²) < 4.78 is 18.1. The Kier molecular flexibility index (Phi) is 8.48. The lowest BCUT2D eigenvalue weighted by molar-refractivity contribution is -0.148. The van der Waals surface area contributed by atoms with Gasteiger partial charge in [-0.15, -0.1) is 0 Å². The maximum Gasteiger partial charge on any atom is 0.323 e. The molecule has 1 fully saturated rings. The number of nitrogens with zero attached hydrogens (tertiary/aromatic N) is 3. The number of hydrogen-bond acceptors (Lipinski definition) is 7. The molecule has 0 amide bonds. The fourth-order valence-electron chi connectivity index (χ4n) is 5.82. The summed E-state index contributed by atoms with van der Waals surface area (Å²) in [6.07, 6.45) is 4.55.